The van der Waals surface area contributed by atoms with E-state index in [0.29, 0.717) is 11.4 Å². The molecule has 0 atom stereocenters. The second-order valence-electron chi connectivity index (χ2n) is 2.93. The molecule has 0 aromatic carbocycles. The summed E-state index contributed by atoms with van der Waals surface area (Å²) in [6, 6.07) is 3.21. The summed E-state index contributed by atoms with van der Waals surface area (Å²) in [4.78, 5) is 19.0. The van der Waals surface area contributed by atoms with E-state index in [1.165, 1.54) is 13.4 Å². The van der Waals surface area contributed by atoms with Crippen LogP contribution in [0.4, 0.5) is 10.6 Å². The molecule has 0 spiro atoms. The number of methoxy groups -OCH3 is 1. The molecule has 0 aliphatic heterocycles. The van der Waals surface area contributed by atoms with Crippen LogP contribution in [-0.2, 0) is 4.74 Å². The third-order valence-corrected chi connectivity index (χ3v) is 1.93. The van der Waals surface area contributed by atoms with Gasteiger partial charge >= 0.3 is 6.09 Å². The molecule has 0 aliphatic rings. The van der Waals surface area contributed by atoms with Crippen LogP contribution in [0.2, 0.25) is 0 Å². The van der Waals surface area contributed by atoms with Crippen LogP contribution in [0.5, 0.6) is 0 Å². The molecule has 0 saturated carbocycles. The second kappa shape index (κ2) is 3.97. The molecule has 7 heteroatoms. The molecule has 7 nitrogen and oxygen atoms in total. The zero-order chi connectivity index (χ0) is 11.5. The van der Waals surface area contributed by atoms with Crippen molar-refractivity contribution in [3.05, 3.63) is 24.7 Å². The first-order valence-corrected chi connectivity index (χ1v) is 4.42. The van der Waals surface area contributed by atoms with Crippen LogP contribution in [0, 0.1) is 0 Å². The highest BCUT2D eigenvalue weighted by Crippen LogP contribution is 2.17. The molecule has 0 saturated heterocycles. The molecule has 82 valence electrons. The quantitative estimate of drug-likeness (QED) is 0.751. The normalized spacial score (nSPS) is 10.1. The van der Waals surface area contributed by atoms with E-state index in [9.17, 15) is 4.79 Å². The standard InChI is InChI=1S/C9H9N5O2/c1-16-9(15)14-8(10)4-7(13-14)6-2-3-11-5-12-6/h2-5H,10H2,1H3. The Balaban J connectivity index is 2.42. The van der Waals surface area contributed by atoms with Crippen LogP contribution < -0.4 is 5.73 Å². The smallest absolute Gasteiger partial charge is 0.436 e. The predicted octanol–water partition coefficient (Wildman–Crippen LogP) is 0.537. The third-order valence-electron chi connectivity index (χ3n) is 1.93. The molecule has 0 unspecified atom stereocenters. The Kier molecular flexibility index (Phi) is 2.50. The van der Waals surface area contributed by atoms with Gasteiger partial charge in [-0.2, -0.15) is 5.10 Å². The van der Waals surface area contributed by atoms with Gasteiger partial charge in [-0.1, -0.05) is 0 Å². The first-order chi connectivity index (χ1) is 7.72. The topological polar surface area (TPSA) is 95.9 Å². The number of ether oxygens (including phenoxy) is 1. The molecule has 0 amide bonds. The summed E-state index contributed by atoms with van der Waals surface area (Å²) in [5.74, 6) is 0.195. The summed E-state index contributed by atoms with van der Waals surface area (Å²) in [5.41, 5.74) is 6.69. The highest BCUT2D eigenvalue weighted by molar-refractivity contribution is 5.75. The summed E-state index contributed by atoms with van der Waals surface area (Å²) >= 11 is 0. The largest absolute Gasteiger partial charge is 0.451 e. The van der Waals surface area contributed by atoms with Crippen molar-refractivity contribution >= 4 is 11.9 Å². The number of carbonyl (C=O) groups excluding carboxylic acids is 1. The van der Waals surface area contributed by atoms with Gasteiger partial charge in [0.15, 0.2) is 0 Å². The Labute approximate surface area is 90.9 Å². The molecule has 0 fully saturated rings. The fourth-order valence-corrected chi connectivity index (χ4v) is 1.20. The first-order valence-electron chi connectivity index (χ1n) is 4.42. The number of carbonyl (C=O) groups is 1. The van der Waals surface area contributed by atoms with Crippen molar-refractivity contribution in [3.63, 3.8) is 0 Å². The highest BCUT2D eigenvalue weighted by Gasteiger charge is 2.13. The van der Waals surface area contributed by atoms with Crippen LogP contribution in [0.25, 0.3) is 11.4 Å². The molecule has 2 N–H and O–H groups in total. The monoisotopic (exact) mass is 219 g/mol. The van der Waals surface area contributed by atoms with E-state index >= 15 is 0 Å². The van der Waals surface area contributed by atoms with Crippen molar-refractivity contribution in [3.8, 4) is 11.4 Å². The van der Waals surface area contributed by atoms with Crippen molar-refractivity contribution in [1.82, 2.24) is 19.7 Å². The third kappa shape index (κ3) is 1.70. The fourth-order valence-electron chi connectivity index (χ4n) is 1.20. The van der Waals surface area contributed by atoms with Crippen molar-refractivity contribution in [2.45, 2.75) is 0 Å². The van der Waals surface area contributed by atoms with Crippen LogP contribution in [0.15, 0.2) is 24.7 Å². The first kappa shape index (κ1) is 10.1. The van der Waals surface area contributed by atoms with E-state index in [2.05, 4.69) is 19.8 Å². The van der Waals surface area contributed by atoms with Crippen LogP contribution in [0.1, 0.15) is 0 Å². The molecule has 2 aromatic rings. The summed E-state index contributed by atoms with van der Waals surface area (Å²) in [6.45, 7) is 0. The zero-order valence-electron chi connectivity index (χ0n) is 8.49. The Morgan fingerprint density at radius 1 is 1.50 bits per heavy atom. The van der Waals surface area contributed by atoms with E-state index in [0.717, 1.165) is 4.68 Å². The SMILES string of the molecule is COC(=O)n1nc(-c2ccncn2)cc1N. The molecule has 0 radical (unpaired) electrons. The summed E-state index contributed by atoms with van der Waals surface area (Å²) in [6.07, 6.45) is 2.33. The average molecular weight is 219 g/mol. The van der Waals surface area contributed by atoms with Gasteiger partial charge < -0.3 is 10.5 Å². The van der Waals surface area contributed by atoms with Crippen LogP contribution in [-0.4, -0.2) is 33.0 Å². The minimum atomic E-state index is -0.641. The maximum absolute atomic E-state index is 11.2. The van der Waals surface area contributed by atoms with E-state index in [1.807, 2.05) is 0 Å². The van der Waals surface area contributed by atoms with E-state index in [1.54, 1.807) is 18.3 Å². The van der Waals surface area contributed by atoms with Gasteiger partial charge in [0.1, 0.15) is 17.8 Å². The van der Waals surface area contributed by atoms with Crippen molar-refractivity contribution in [2.24, 2.45) is 0 Å². The van der Waals surface area contributed by atoms with E-state index in [4.69, 9.17) is 5.73 Å². The van der Waals surface area contributed by atoms with Gasteiger partial charge in [0.05, 0.1) is 12.8 Å². The lowest BCUT2D eigenvalue weighted by atomic mass is 10.3. The molecule has 2 aromatic heterocycles. The lowest BCUT2D eigenvalue weighted by Crippen LogP contribution is -2.15. The number of aromatic nitrogens is 4. The number of nitrogen functional groups attached to an aromatic ring is 1. The number of nitrogens with two attached hydrogens (primary N) is 1. The molecule has 0 bridgehead atoms. The van der Waals surface area contributed by atoms with E-state index < -0.39 is 6.09 Å². The van der Waals surface area contributed by atoms with Crippen molar-refractivity contribution < 1.29 is 9.53 Å². The Morgan fingerprint density at radius 2 is 2.31 bits per heavy atom. The van der Waals surface area contributed by atoms with Gasteiger partial charge in [0.2, 0.25) is 0 Å². The summed E-state index contributed by atoms with van der Waals surface area (Å²) in [7, 11) is 1.26. The Hall–Kier alpha value is -2.44. The lowest BCUT2D eigenvalue weighted by Gasteiger charge is -1.98. The minimum Gasteiger partial charge on any atom is -0.451 e. The van der Waals surface area contributed by atoms with Crippen molar-refractivity contribution in [1.29, 1.82) is 0 Å². The second-order valence-corrected chi connectivity index (χ2v) is 2.93. The van der Waals surface area contributed by atoms with Gasteiger partial charge in [0.25, 0.3) is 0 Å². The molecular formula is C9H9N5O2. The van der Waals surface area contributed by atoms with Crippen molar-refractivity contribution in [2.75, 3.05) is 12.8 Å². The number of anilines is 1. The summed E-state index contributed by atoms with van der Waals surface area (Å²) < 4.78 is 5.48. The molecule has 2 heterocycles. The number of hydrogen-bond donors (Lipinski definition) is 1. The molecule has 0 aliphatic carbocycles. The Morgan fingerprint density at radius 3 is 2.94 bits per heavy atom. The molecule has 2 rings (SSSR count). The number of rotatable bonds is 1. The Bertz CT molecular complexity index is 508. The van der Waals surface area contributed by atoms with Crippen LogP contribution >= 0.6 is 0 Å². The number of nitrogens with zero attached hydrogens (tertiary/aromatic N) is 4. The van der Waals surface area contributed by atoms with Gasteiger partial charge in [-0.15, -0.1) is 4.68 Å². The fraction of sp³-hybridized carbons (Fsp3) is 0.111. The number of hydrogen-bond acceptors (Lipinski definition) is 6. The minimum absolute atomic E-state index is 0.195. The van der Waals surface area contributed by atoms with Crippen LogP contribution in [0.3, 0.4) is 0 Å². The van der Waals surface area contributed by atoms with E-state index in [-0.39, 0.29) is 5.82 Å². The van der Waals surface area contributed by atoms with Gasteiger partial charge in [-0.3, -0.25) is 0 Å². The summed E-state index contributed by atoms with van der Waals surface area (Å²) in [5, 5.41) is 3.98. The maximum atomic E-state index is 11.2. The predicted molar refractivity (Wildman–Crippen MR) is 55.5 cm³/mol. The zero-order valence-corrected chi connectivity index (χ0v) is 8.49. The van der Waals surface area contributed by atoms with Gasteiger partial charge in [-0.05, 0) is 6.07 Å². The van der Waals surface area contributed by atoms with Gasteiger partial charge in [0, 0.05) is 12.3 Å². The average Bonchev–Trinajstić information content (AvgIpc) is 2.71. The van der Waals surface area contributed by atoms with Gasteiger partial charge in [-0.25, -0.2) is 14.8 Å². The molecule has 16 heavy (non-hydrogen) atoms. The molecular weight excluding hydrogens is 210 g/mol. The highest BCUT2D eigenvalue weighted by atomic mass is 16.5. The lowest BCUT2D eigenvalue weighted by molar-refractivity contribution is 0.170. The maximum Gasteiger partial charge on any atom is 0.436 e.